The Hall–Kier alpha value is -3.13. The van der Waals surface area contributed by atoms with Crippen LogP contribution in [-0.4, -0.2) is 58.4 Å². The van der Waals surface area contributed by atoms with Gasteiger partial charge in [0, 0.05) is 42.8 Å². The molecule has 0 saturated carbocycles. The second-order valence-electron chi connectivity index (χ2n) is 7.13. The van der Waals surface area contributed by atoms with E-state index in [2.05, 4.69) is 25.4 Å². The SMILES string of the molecule is CSc1ccc(C(=O)N2CCN(c3ccc(Nc4cc(C)ccn4)nn3)CC2)cc1. The lowest BCUT2D eigenvalue weighted by molar-refractivity contribution is 0.0746. The van der Waals surface area contributed by atoms with Gasteiger partial charge >= 0.3 is 0 Å². The Kier molecular flexibility index (Phi) is 6.13. The lowest BCUT2D eigenvalue weighted by Gasteiger charge is -2.35. The molecule has 0 unspecified atom stereocenters. The maximum Gasteiger partial charge on any atom is 0.253 e. The third kappa shape index (κ3) is 4.71. The van der Waals surface area contributed by atoms with Crippen molar-refractivity contribution in [3.05, 3.63) is 65.9 Å². The average molecular weight is 421 g/mol. The minimum atomic E-state index is 0.0820. The normalized spacial score (nSPS) is 13.9. The number of amides is 1. The lowest BCUT2D eigenvalue weighted by atomic mass is 10.2. The molecule has 0 aliphatic carbocycles. The molecule has 1 amide bonds. The summed E-state index contributed by atoms with van der Waals surface area (Å²) in [5.41, 5.74) is 1.87. The lowest BCUT2D eigenvalue weighted by Crippen LogP contribution is -2.49. The summed E-state index contributed by atoms with van der Waals surface area (Å²) in [5.74, 6) is 2.29. The van der Waals surface area contributed by atoms with Gasteiger partial charge in [-0.25, -0.2) is 4.98 Å². The first-order valence-electron chi connectivity index (χ1n) is 9.84. The number of benzene rings is 1. The quantitative estimate of drug-likeness (QED) is 0.632. The molecule has 1 N–H and O–H groups in total. The molecule has 1 fully saturated rings. The number of nitrogens with one attached hydrogen (secondary N) is 1. The van der Waals surface area contributed by atoms with Crippen molar-refractivity contribution in [2.75, 3.05) is 42.7 Å². The Morgan fingerprint density at radius 3 is 2.37 bits per heavy atom. The number of carbonyl (C=O) groups excluding carboxylic acids is 1. The van der Waals surface area contributed by atoms with Crippen LogP contribution in [0, 0.1) is 6.92 Å². The molecule has 1 aliphatic rings. The zero-order valence-electron chi connectivity index (χ0n) is 17.1. The van der Waals surface area contributed by atoms with E-state index < -0.39 is 0 Å². The number of aryl methyl sites for hydroxylation is 1. The van der Waals surface area contributed by atoms with Gasteiger partial charge < -0.3 is 15.1 Å². The van der Waals surface area contributed by atoms with Crippen LogP contribution < -0.4 is 10.2 Å². The summed E-state index contributed by atoms with van der Waals surface area (Å²) in [5, 5.41) is 11.8. The van der Waals surface area contributed by atoms with Crippen molar-refractivity contribution >= 4 is 35.1 Å². The maximum absolute atomic E-state index is 12.7. The van der Waals surface area contributed by atoms with E-state index in [0.717, 1.165) is 40.7 Å². The number of pyridine rings is 1. The van der Waals surface area contributed by atoms with Gasteiger partial charge in [-0.05, 0) is 67.3 Å². The summed E-state index contributed by atoms with van der Waals surface area (Å²) in [6, 6.07) is 15.5. The van der Waals surface area contributed by atoms with E-state index in [1.54, 1.807) is 18.0 Å². The standard InChI is InChI=1S/C22H24N6OS/c1-16-9-10-23-20(15-16)24-19-7-8-21(26-25-19)27-11-13-28(14-12-27)22(29)17-3-5-18(30-2)6-4-17/h3-10,15H,11-14H2,1-2H3,(H,23,24,25). The van der Waals surface area contributed by atoms with Crippen LogP contribution in [0.1, 0.15) is 15.9 Å². The van der Waals surface area contributed by atoms with Crippen LogP contribution in [0.3, 0.4) is 0 Å². The summed E-state index contributed by atoms with van der Waals surface area (Å²) in [6.07, 6.45) is 3.79. The number of piperazine rings is 1. The molecule has 0 bridgehead atoms. The van der Waals surface area contributed by atoms with Gasteiger partial charge in [0.05, 0.1) is 0 Å². The van der Waals surface area contributed by atoms with E-state index in [1.165, 1.54) is 0 Å². The van der Waals surface area contributed by atoms with Crippen molar-refractivity contribution in [2.45, 2.75) is 11.8 Å². The highest BCUT2D eigenvalue weighted by atomic mass is 32.2. The van der Waals surface area contributed by atoms with E-state index >= 15 is 0 Å². The molecule has 7 nitrogen and oxygen atoms in total. The molecule has 1 aromatic carbocycles. The number of aromatic nitrogens is 3. The van der Waals surface area contributed by atoms with Crippen molar-refractivity contribution in [1.82, 2.24) is 20.1 Å². The number of anilines is 3. The largest absolute Gasteiger partial charge is 0.352 e. The molecule has 0 spiro atoms. The Labute approximate surface area is 180 Å². The Balaban J connectivity index is 1.33. The number of hydrogen-bond donors (Lipinski definition) is 1. The topological polar surface area (TPSA) is 74.2 Å². The average Bonchev–Trinajstić information content (AvgIpc) is 2.79. The fraction of sp³-hybridized carbons (Fsp3) is 0.273. The number of thioether (sulfide) groups is 1. The van der Waals surface area contributed by atoms with Crippen LogP contribution in [0.2, 0.25) is 0 Å². The molecule has 8 heteroatoms. The second-order valence-corrected chi connectivity index (χ2v) is 8.01. The third-order valence-electron chi connectivity index (χ3n) is 5.05. The van der Waals surface area contributed by atoms with Crippen LogP contribution in [0.5, 0.6) is 0 Å². The molecular weight excluding hydrogens is 396 g/mol. The highest BCUT2D eigenvalue weighted by Gasteiger charge is 2.23. The van der Waals surface area contributed by atoms with E-state index in [-0.39, 0.29) is 5.91 Å². The van der Waals surface area contributed by atoms with Gasteiger partial charge in [-0.2, -0.15) is 0 Å². The van der Waals surface area contributed by atoms with Crippen LogP contribution in [0.4, 0.5) is 17.5 Å². The molecular formula is C22H24N6OS. The molecule has 0 atom stereocenters. The molecule has 3 heterocycles. The third-order valence-corrected chi connectivity index (χ3v) is 5.79. The van der Waals surface area contributed by atoms with Gasteiger partial charge in [-0.3, -0.25) is 4.79 Å². The second kappa shape index (κ2) is 9.13. The van der Waals surface area contributed by atoms with Crippen LogP contribution in [0.25, 0.3) is 0 Å². The molecule has 2 aromatic heterocycles. The van der Waals surface area contributed by atoms with Gasteiger partial charge in [0.2, 0.25) is 0 Å². The fourth-order valence-corrected chi connectivity index (χ4v) is 3.76. The van der Waals surface area contributed by atoms with Crippen LogP contribution in [-0.2, 0) is 0 Å². The molecule has 154 valence electrons. The van der Waals surface area contributed by atoms with Gasteiger partial charge in [-0.15, -0.1) is 22.0 Å². The first-order chi connectivity index (χ1) is 14.6. The maximum atomic E-state index is 12.7. The van der Waals surface area contributed by atoms with Crippen molar-refractivity contribution in [1.29, 1.82) is 0 Å². The number of rotatable bonds is 5. The van der Waals surface area contributed by atoms with Gasteiger partial charge in [0.1, 0.15) is 5.82 Å². The first kappa shape index (κ1) is 20.2. The van der Waals surface area contributed by atoms with Gasteiger partial charge in [0.15, 0.2) is 11.6 Å². The minimum absolute atomic E-state index is 0.0820. The summed E-state index contributed by atoms with van der Waals surface area (Å²) in [6.45, 7) is 4.81. The predicted molar refractivity (Wildman–Crippen MR) is 121 cm³/mol. The highest BCUT2D eigenvalue weighted by molar-refractivity contribution is 7.98. The van der Waals surface area contributed by atoms with E-state index in [9.17, 15) is 4.79 Å². The molecule has 30 heavy (non-hydrogen) atoms. The monoisotopic (exact) mass is 420 g/mol. The van der Waals surface area contributed by atoms with E-state index in [0.29, 0.717) is 18.9 Å². The Bertz CT molecular complexity index is 1000. The smallest absolute Gasteiger partial charge is 0.253 e. The predicted octanol–water partition coefficient (Wildman–Crippen LogP) is 3.61. The Morgan fingerprint density at radius 1 is 0.967 bits per heavy atom. The zero-order valence-corrected chi connectivity index (χ0v) is 17.9. The number of hydrogen-bond acceptors (Lipinski definition) is 7. The highest BCUT2D eigenvalue weighted by Crippen LogP contribution is 2.19. The molecule has 1 saturated heterocycles. The summed E-state index contributed by atoms with van der Waals surface area (Å²) < 4.78 is 0. The van der Waals surface area contributed by atoms with E-state index in [4.69, 9.17) is 0 Å². The van der Waals surface area contributed by atoms with E-state index in [1.807, 2.05) is 66.6 Å². The van der Waals surface area contributed by atoms with Crippen molar-refractivity contribution in [2.24, 2.45) is 0 Å². The van der Waals surface area contributed by atoms with Crippen molar-refractivity contribution < 1.29 is 4.79 Å². The first-order valence-corrected chi connectivity index (χ1v) is 11.1. The van der Waals surface area contributed by atoms with Crippen molar-refractivity contribution in [3.8, 4) is 0 Å². The molecule has 0 radical (unpaired) electrons. The minimum Gasteiger partial charge on any atom is -0.352 e. The molecule has 3 aromatic rings. The molecule has 1 aliphatic heterocycles. The Morgan fingerprint density at radius 2 is 1.73 bits per heavy atom. The fourth-order valence-electron chi connectivity index (χ4n) is 3.35. The van der Waals surface area contributed by atoms with Gasteiger partial charge in [0.25, 0.3) is 5.91 Å². The zero-order chi connectivity index (χ0) is 20.9. The summed E-state index contributed by atoms with van der Waals surface area (Å²) in [4.78, 5) is 22.2. The number of carbonyl (C=O) groups is 1. The summed E-state index contributed by atoms with van der Waals surface area (Å²) in [7, 11) is 0. The van der Waals surface area contributed by atoms with Crippen LogP contribution >= 0.6 is 11.8 Å². The van der Waals surface area contributed by atoms with Gasteiger partial charge in [-0.1, -0.05) is 0 Å². The summed E-state index contributed by atoms with van der Waals surface area (Å²) >= 11 is 1.67. The number of nitrogens with zero attached hydrogens (tertiary/aromatic N) is 5. The van der Waals surface area contributed by atoms with Crippen LogP contribution in [0.15, 0.2) is 59.6 Å². The van der Waals surface area contributed by atoms with Crippen molar-refractivity contribution in [3.63, 3.8) is 0 Å². The molecule has 4 rings (SSSR count).